The van der Waals surface area contributed by atoms with Crippen LogP contribution in [-0.4, -0.2) is 33.3 Å². The molecule has 0 saturated heterocycles. The van der Waals surface area contributed by atoms with E-state index in [1.54, 1.807) is 13.3 Å². The standard InChI is InChI=1S/C20H21ClFN5O/c1-12-9-24-15(13(2)17(12)28-3)11-27-10-14(7-5-4-6-8-22)16-18(21)25-20(23)26-19(16)27/h9-10H,4,6,8,11H2,1-3H3,(H2,23,25,26). The van der Waals surface area contributed by atoms with Gasteiger partial charge in [0, 0.05) is 29.9 Å². The lowest BCUT2D eigenvalue weighted by Gasteiger charge is -2.13. The third-order valence-corrected chi connectivity index (χ3v) is 4.69. The number of nitrogens with two attached hydrogens (primary N) is 1. The van der Waals surface area contributed by atoms with Gasteiger partial charge in [-0.3, -0.25) is 9.37 Å². The second kappa shape index (κ2) is 8.44. The number of unbranched alkanes of at least 4 members (excludes halogenated alkanes) is 1. The summed E-state index contributed by atoms with van der Waals surface area (Å²) in [5.41, 5.74) is 9.81. The summed E-state index contributed by atoms with van der Waals surface area (Å²) in [5.74, 6) is 6.90. The predicted molar refractivity (Wildman–Crippen MR) is 108 cm³/mol. The van der Waals surface area contributed by atoms with E-state index in [1.165, 1.54) is 0 Å². The van der Waals surface area contributed by atoms with Crippen LogP contribution in [0.3, 0.4) is 0 Å². The first kappa shape index (κ1) is 19.9. The van der Waals surface area contributed by atoms with E-state index in [0.29, 0.717) is 36.0 Å². The number of nitrogen functional groups attached to an aromatic ring is 1. The number of anilines is 1. The average Bonchev–Trinajstić information content (AvgIpc) is 2.99. The fourth-order valence-corrected chi connectivity index (χ4v) is 3.35. The van der Waals surface area contributed by atoms with Crippen molar-refractivity contribution in [3.8, 4) is 17.6 Å². The molecule has 3 heterocycles. The fourth-order valence-electron chi connectivity index (χ4n) is 3.08. The van der Waals surface area contributed by atoms with Crippen molar-refractivity contribution in [3.05, 3.63) is 39.9 Å². The van der Waals surface area contributed by atoms with E-state index in [0.717, 1.165) is 22.6 Å². The van der Waals surface area contributed by atoms with Crippen LogP contribution in [0.25, 0.3) is 11.0 Å². The van der Waals surface area contributed by atoms with E-state index >= 15 is 0 Å². The van der Waals surface area contributed by atoms with E-state index in [9.17, 15) is 4.39 Å². The van der Waals surface area contributed by atoms with Gasteiger partial charge in [-0.05, 0) is 20.3 Å². The number of pyridine rings is 1. The molecule has 0 spiro atoms. The van der Waals surface area contributed by atoms with E-state index in [-0.39, 0.29) is 11.1 Å². The maximum atomic E-state index is 12.3. The number of halogens is 2. The molecule has 0 fully saturated rings. The van der Waals surface area contributed by atoms with Crippen LogP contribution in [-0.2, 0) is 6.54 Å². The van der Waals surface area contributed by atoms with Crippen molar-refractivity contribution in [2.24, 2.45) is 0 Å². The molecule has 0 bridgehead atoms. The van der Waals surface area contributed by atoms with Gasteiger partial charge in [0.2, 0.25) is 5.95 Å². The van der Waals surface area contributed by atoms with Crippen LogP contribution in [0.4, 0.5) is 10.3 Å². The summed E-state index contributed by atoms with van der Waals surface area (Å²) in [6.45, 7) is 3.97. The van der Waals surface area contributed by atoms with Crippen LogP contribution in [0.1, 0.15) is 35.2 Å². The van der Waals surface area contributed by atoms with Gasteiger partial charge >= 0.3 is 0 Å². The third-order valence-electron chi connectivity index (χ3n) is 4.42. The Labute approximate surface area is 167 Å². The quantitative estimate of drug-likeness (QED) is 0.399. The van der Waals surface area contributed by atoms with Crippen LogP contribution in [0.5, 0.6) is 5.75 Å². The molecule has 3 aromatic heterocycles. The van der Waals surface area contributed by atoms with Gasteiger partial charge in [0.1, 0.15) is 16.5 Å². The maximum absolute atomic E-state index is 12.3. The zero-order valence-corrected chi connectivity index (χ0v) is 16.8. The normalized spacial score (nSPS) is 10.8. The van der Waals surface area contributed by atoms with E-state index in [2.05, 4.69) is 26.8 Å². The molecule has 0 atom stereocenters. The van der Waals surface area contributed by atoms with Crippen molar-refractivity contribution >= 4 is 28.6 Å². The molecule has 28 heavy (non-hydrogen) atoms. The lowest BCUT2D eigenvalue weighted by atomic mass is 10.1. The summed E-state index contributed by atoms with van der Waals surface area (Å²) in [5, 5.41) is 0.863. The highest BCUT2D eigenvalue weighted by atomic mass is 35.5. The lowest BCUT2D eigenvalue weighted by molar-refractivity contribution is 0.406. The molecule has 0 radical (unpaired) electrons. The van der Waals surface area contributed by atoms with E-state index in [1.807, 2.05) is 24.6 Å². The van der Waals surface area contributed by atoms with Crippen LogP contribution >= 0.6 is 11.6 Å². The SMILES string of the molecule is COc1c(C)cnc(Cn2cc(C#CCCCF)c3c(Cl)nc(N)nc32)c1C. The zero-order chi connectivity index (χ0) is 20.3. The maximum Gasteiger partial charge on any atom is 0.223 e. The minimum atomic E-state index is -0.392. The Hall–Kier alpha value is -2.85. The first-order valence-corrected chi connectivity index (χ1v) is 9.19. The molecular formula is C20H21ClFN5O. The molecule has 3 aromatic rings. The smallest absolute Gasteiger partial charge is 0.223 e. The van der Waals surface area contributed by atoms with Gasteiger partial charge in [0.05, 0.1) is 37.0 Å². The Bertz CT molecular complexity index is 1080. The topological polar surface area (TPSA) is 78.8 Å². The van der Waals surface area contributed by atoms with E-state index < -0.39 is 6.67 Å². The molecule has 0 amide bonds. The molecule has 0 aliphatic rings. The fraction of sp³-hybridized carbons (Fsp3) is 0.350. The Morgan fingerprint density at radius 1 is 1.32 bits per heavy atom. The van der Waals surface area contributed by atoms with Crippen LogP contribution < -0.4 is 10.5 Å². The molecule has 0 aromatic carbocycles. The highest BCUT2D eigenvalue weighted by molar-refractivity contribution is 6.34. The molecule has 0 aliphatic heterocycles. The monoisotopic (exact) mass is 401 g/mol. The number of hydrogen-bond acceptors (Lipinski definition) is 5. The molecule has 6 nitrogen and oxygen atoms in total. The highest BCUT2D eigenvalue weighted by Crippen LogP contribution is 2.29. The minimum Gasteiger partial charge on any atom is -0.496 e. The molecule has 3 rings (SSSR count). The Morgan fingerprint density at radius 2 is 2.11 bits per heavy atom. The van der Waals surface area contributed by atoms with Crippen molar-refractivity contribution < 1.29 is 9.13 Å². The first-order chi connectivity index (χ1) is 13.5. The van der Waals surface area contributed by atoms with Gasteiger partial charge in [-0.15, -0.1) is 0 Å². The second-order valence-corrected chi connectivity index (χ2v) is 6.74. The van der Waals surface area contributed by atoms with Gasteiger partial charge in [0.25, 0.3) is 0 Å². The number of aromatic nitrogens is 4. The summed E-state index contributed by atoms with van der Waals surface area (Å²) in [4.78, 5) is 12.9. The number of hydrogen-bond donors (Lipinski definition) is 1. The molecular weight excluding hydrogens is 381 g/mol. The largest absolute Gasteiger partial charge is 0.496 e. The van der Waals surface area contributed by atoms with Gasteiger partial charge in [0.15, 0.2) is 0 Å². The molecule has 2 N–H and O–H groups in total. The summed E-state index contributed by atoms with van der Waals surface area (Å²) in [7, 11) is 1.64. The van der Waals surface area contributed by atoms with Crippen LogP contribution in [0.15, 0.2) is 12.4 Å². The first-order valence-electron chi connectivity index (χ1n) is 8.82. The molecule has 0 unspecified atom stereocenters. The summed E-state index contributed by atoms with van der Waals surface area (Å²) < 4.78 is 19.7. The summed E-state index contributed by atoms with van der Waals surface area (Å²) in [6.07, 6.45) is 4.49. The van der Waals surface area contributed by atoms with Gasteiger partial charge in [-0.25, -0.2) is 4.98 Å². The number of alkyl halides is 1. The number of nitrogens with zero attached hydrogens (tertiary/aromatic N) is 4. The van der Waals surface area contributed by atoms with Crippen molar-refractivity contribution in [1.29, 1.82) is 0 Å². The minimum absolute atomic E-state index is 0.0833. The molecule has 0 saturated carbocycles. The zero-order valence-electron chi connectivity index (χ0n) is 16.0. The Kier molecular flexibility index (Phi) is 6.00. The van der Waals surface area contributed by atoms with Crippen molar-refractivity contribution in [3.63, 3.8) is 0 Å². The van der Waals surface area contributed by atoms with Crippen molar-refractivity contribution in [2.45, 2.75) is 33.2 Å². The second-order valence-electron chi connectivity index (χ2n) is 6.38. The van der Waals surface area contributed by atoms with Crippen LogP contribution in [0.2, 0.25) is 5.15 Å². The van der Waals surface area contributed by atoms with Gasteiger partial charge < -0.3 is 15.0 Å². The molecule has 0 aliphatic carbocycles. The number of ether oxygens (including phenoxy) is 1. The van der Waals surface area contributed by atoms with Crippen molar-refractivity contribution in [2.75, 3.05) is 19.5 Å². The molecule has 146 valence electrons. The number of fused-ring (bicyclic) bond motifs is 1. The third kappa shape index (κ3) is 3.87. The summed E-state index contributed by atoms with van der Waals surface area (Å²) >= 11 is 6.32. The Morgan fingerprint density at radius 3 is 2.82 bits per heavy atom. The number of methoxy groups -OCH3 is 1. The summed E-state index contributed by atoms with van der Waals surface area (Å²) in [6, 6.07) is 0. The van der Waals surface area contributed by atoms with Gasteiger partial charge in [-0.2, -0.15) is 4.98 Å². The predicted octanol–water partition coefficient (Wildman–Crippen LogP) is 3.84. The van der Waals surface area contributed by atoms with Crippen LogP contribution in [0, 0.1) is 25.7 Å². The Balaban J connectivity index is 2.10. The highest BCUT2D eigenvalue weighted by Gasteiger charge is 2.17. The lowest BCUT2D eigenvalue weighted by Crippen LogP contribution is -2.07. The van der Waals surface area contributed by atoms with Gasteiger partial charge in [-0.1, -0.05) is 23.4 Å². The number of rotatable bonds is 5. The average molecular weight is 402 g/mol. The van der Waals surface area contributed by atoms with E-state index in [4.69, 9.17) is 22.1 Å². The van der Waals surface area contributed by atoms with Crippen molar-refractivity contribution in [1.82, 2.24) is 19.5 Å². The molecule has 8 heteroatoms. The number of aryl methyl sites for hydroxylation is 1.